The molecule has 1 aliphatic heterocycles. The molecule has 0 spiro atoms. The molecule has 0 radical (unpaired) electrons. The minimum atomic E-state index is -3.04. The molecule has 1 saturated heterocycles. The molecule has 2 amide bonds. The molecule has 0 bridgehead atoms. The fourth-order valence-corrected chi connectivity index (χ4v) is 6.85. The van der Waals surface area contributed by atoms with Crippen LogP contribution >= 0.6 is 0 Å². The molecule has 2 aromatic carbocycles. The molecule has 5 rings (SSSR count). The fraction of sp³-hybridized carbons (Fsp3) is 0.400. The van der Waals surface area contributed by atoms with Crippen LogP contribution in [-0.4, -0.2) is 75.4 Å². The van der Waals surface area contributed by atoms with E-state index in [0.717, 1.165) is 22.0 Å². The molecule has 2 aromatic heterocycles. The summed E-state index contributed by atoms with van der Waals surface area (Å²) in [4.78, 5) is 37.9. The minimum absolute atomic E-state index is 0.0222. The summed E-state index contributed by atoms with van der Waals surface area (Å²) in [6.07, 6.45) is 0.927. The number of unbranched alkanes of at least 4 members (excludes halogenated alkanes) is 1. The Labute approximate surface area is 245 Å². The lowest BCUT2D eigenvalue weighted by atomic mass is 10.2. The van der Waals surface area contributed by atoms with E-state index in [0.29, 0.717) is 49.6 Å². The number of aromatic nitrogens is 3. The molecule has 4 aromatic rings. The van der Waals surface area contributed by atoms with Gasteiger partial charge in [0.1, 0.15) is 17.9 Å². The molecule has 0 unspecified atom stereocenters. The number of nitrogens with two attached hydrogens (primary N) is 1. The van der Waals surface area contributed by atoms with Gasteiger partial charge in [0.15, 0.2) is 15.7 Å². The summed E-state index contributed by atoms with van der Waals surface area (Å²) in [5.41, 5.74) is 9.42. The monoisotopic (exact) mass is 592 g/mol. The van der Waals surface area contributed by atoms with Crippen molar-refractivity contribution < 1.29 is 22.7 Å². The molecule has 2 N–H and O–H groups in total. The number of aryl methyl sites for hydroxylation is 1. The molecule has 1 fully saturated rings. The van der Waals surface area contributed by atoms with Crippen molar-refractivity contribution in [3.05, 3.63) is 66.0 Å². The van der Waals surface area contributed by atoms with Crippen LogP contribution in [0.1, 0.15) is 38.1 Å². The predicted octanol–water partition coefficient (Wildman–Crippen LogP) is 3.75. The highest BCUT2D eigenvalue weighted by atomic mass is 32.2. The lowest BCUT2D eigenvalue weighted by Gasteiger charge is -2.36. The van der Waals surface area contributed by atoms with Crippen LogP contribution in [0.3, 0.4) is 0 Å². The smallest absolute Gasteiger partial charge is 0.410 e. The Hall–Kier alpha value is -4.19. The molecular formula is C30H36N6O5S. The van der Waals surface area contributed by atoms with Crippen LogP contribution < -0.4 is 5.73 Å². The molecule has 0 atom stereocenters. The topological polar surface area (TPSA) is 141 Å². The number of benzene rings is 2. The van der Waals surface area contributed by atoms with E-state index in [9.17, 15) is 18.0 Å². The van der Waals surface area contributed by atoms with Gasteiger partial charge >= 0.3 is 6.09 Å². The van der Waals surface area contributed by atoms with Crippen molar-refractivity contribution in [3.63, 3.8) is 0 Å². The van der Waals surface area contributed by atoms with Crippen LogP contribution in [0.25, 0.3) is 21.9 Å². The van der Waals surface area contributed by atoms with Crippen molar-refractivity contribution in [2.75, 3.05) is 30.3 Å². The Bertz CT molecular complexity index is 1690. The van der Waals surface area contributed by atoms with Gasteiger partial charge in [0.25, 0.3) is 0 Å². The van der Waals surface area contributed by atoms with Gasteiger partial charge < -0.3 is 24.8 Å². The van der Waals surface area contributed by atoms with Crippen molar-refractivity contribution in [1.82, 2.24) is 24.3 Å². The predicted molar refractivity (Wildman–Crippen MR) is 161 cm³/mol. The minimum Gasteiger partial charge on any atom is -0.445 e. The number of fused-ring (bicyclic) bond motifs is 3. The van der Waals surface area contributed by atoms with Crippen LogP contribution in [0.4, 0.5) is 10.6 Å². The van der Waals surface area contributed by atoms with Crippen molar-refractivity contribution in [2.24, 2.45) is 0 Å². The maximum absolute atomic E-state index is 13.0. The number of pyridine rings is 1. The van der Waals surface area contributed by atoms with Crippen LogP contribution in [0.15, 0.2) is 54.6 Å². The Kier molecular flexibility index (Phi) is 8.62. The molecule has 0 saturated carbocycles. The number of sulfone groups is 1. The van der Waals surface area contributed by atoms with Crippen molar-refractivity contribution in [3.8, 4) is 0 Å². The zero-order chi connectivity index (χ0) is 29.9. The number of imidazole rings is 1. The standard InChI is InChI=1S/C30H36N6O5S/c1-3-34(30(38)41-18-22-11-5-4-6-12-22)17-26-33-27-28(24-13-7-8-14-25(24)32-29(27)31)36(26)16-10-9-15-35(21(2)37)23-19-42(39,40)20-23/h4-8,11-14,23H,3,9-10,15-20H2,1-2H3,(H2,31,32). The number of amides is 2. The van der Waals surface area contributed by atoms with Gasteiger partial charge in [-0.15, -0.1) is 0 Å². The molecule has 12 heteroatoms. The van der Waals surface area contributed by atoms with E-state index < -0.39 is 15.9 Å². The average Bonchev–Trinajstić information content (AvgIpc) is 3.32. The van der Waals surface area contributed by atoms with Crippen LogP contribution in [0.5, 0.6) is 0 Å². The van der Waals surface area contributed by atoms with Gasteiger partial charge in [-0.05, 0) is 31.4 Å². The number of hydrogen-bond donors (Lipinski definition) is 1. The molecule has 11 nitrogen and oxygen atoms in total. The summed E-state index contributed by atoms with van der Waals surface area (Å²) >= 11 is 0. The first-order chi connectivity index (χ1) is 20.2. The number of ether oxygens (including phenoxy) is 1. The van der Waals surface area contributed by atoms with E-state index in [1.807, 2.05) is 61.5 Å². The maximum Gasteiger partial charge on any atom is 0.410 e. The molecule has 222 valence electrons. The molecule has 3 heterocycles. The molecular weight excluding hydrogens is 556 g/mol. The zero-order valence-corrected chi connectivity index (χ0v) is 24.7. The average molecular weight is 593 g/mol. The number of anilines is 1. The Morgan fingerprint density at radius 3 is 2.45 bits per heavy atom. The van der Waals surface area contributed by atoms with Gasteiger partial charge in [0.2, 0.25) is 5.91 Å². The Balaban J connectivity index is 1.38. The highest BCUT2D eigenvalue weighted by molar-refractivity contribution is 7.92. The van der Waals surface area contributed by atoms with E-state index in [2.05, 4.69) is 9.55 Å². The van der Waals surface area contributed by atoms with E-state index in [1.54, 1.807) is 9.80 Å². The lowest BCUT2D eigenvalue weighted by molar-refractivity contribution is -0.130. The number of nitrogens with zero attached hydrogens (tertiary/aromatic N) is 5. The Morgan fingerprint density at radius 2 is 1.76 bits per heavy atom. The van der Waals surface area contributed by atoms with E-state index in [4.69, 9.17) is 15.5 Å². The molecule has 1 aliphatic rings. The van der Waals surface area contributed by atoms with Crippen LogP contribution in [0, 0.1) is 0 Å². The quantitative estimate of drug-likeness (QED) is 0.260. The summed E-state index contributed by atoms with van der Waals surface area (Å²) in [5.74, 6) is 0.887. The summed E-state index contributed by atoms with van der Waals surface area (Å²) in [7, 11) is -3.04. The number of hydrogen-bond acceptors (Lipinski definition) is 8. The van der Waals surface area contributed by atoms with E-state index in [1.165, 1.54) is 6.92 Å². The van der Waals surface area contributed by atoms with Gasteiger partial charge in [-0.3, -0.25) is 4.79 Å². The summed E-state index contributed by atoms with van der Waals surface area (Å²) in [5, 5.41) is 0.903. The maximum atomic E-state index is 13.0. The first-order valence-corrected chi connectivity index (χ1v) is 16.0. The van der Waals surface area contributed by atoms with Crippen LogP contribution in [-0.2, 0) is 39.1 Å². The van der Waals surface area contributed by atoms with Gasteiger partial charge in [0.05, 0.1) is 35.1 Å². The van der Waals surface area contributed by atoms with E-state index >= 15 is 0 Å². The first kappa shape index (κ1) is 29.3. The summed E-state index contributed by atoms with van der Waals surface area (Å²) < 4.78 is 31.0. The van der Waals surface area contributed by atoms with Crippen molar-refractivity contribution in [2.45, 2.75) is 52.4 Å². The van der Waals surface area contributed by atoms with Gasteiger partial charge in [-0.2, -0.15) is 0 Å². The van der Waals surface area contributed by atoms with E-state index in [-0.39, 0.29) is 36.6 Å². The second kappa shape index (κ2) is 12.4. The van der Waals surface area contributed by atoms with Crippen LogP contribution in [0.2, 0.25) is 0 Å². The summed E-state index contributed by atoms with van der Waals surface area (Å²) in [6.45, 7) is 5.20. The third-order valence-electron chi connectivity index (χ3n) is 7.64. The number of carbonyl (C=O) groups excluding carboxylic acids is 2. The number of carbonyl (C=O) groups is 2. The highest BCUT2D eigenvalue weighted by Crippen LogP contribution is 2.30. The first-order valence-electron chi connectivity index (χ1n) is 14.1. The summed E-state index contributed by atoms with van der Waals surface area (Å²) in [6, 6.07) is 17.0. The fourth-order valence-electron chi connectivity index (χ4n) is 5.42. The second-order valence-corrected chi connectivity index (χ2v) is 12.7. The second-order valence-electron chi connectivity index (χ2n) is 10.6. The zero-order valence-electron chi connectivity index (χ0n) is 23.9. The molecule has 42 heavy (non-hydrogen) atoms. The van der Waals surface area contributed by atoms with Gasteiger partial charge in [-0.25, -0.2) is 23.2 Å². The Morgan fingerprint density at radius 1 is 1.05 bits per heavy atom. The highest BCUT2D eigenvalue weighted by Gasteiger charge is 2.38. The SMILES string of the molecule is CCN(Cc1nc2c(N)nc3ccccc3c2n1CCCCN(C(C)=O)C1CS(=O)(=O)C1)C(=O)OCc1ccccc1. The number of nitrogen functional groups attached to an aromatic ring is 1. The largest absolute Gasteiger partial charge is 0.445 e. The third kappa shape index (κ3) is 6.33. The van der Waals surface area contributed by atoms with Gasteiger partial charge in [-0.1, -0.05) is 48.5 Å². The number of para-hydroxylation sites is 1. The molecule has 0 aliphatic carbocycles. The third-order valence-corrected chi connectivity index (χ3v) is 9.42. The number of rotatable bonds is 11. The van der Waals surface area contributed by atoms with Crippen molar-refractivity contribution >= 4 is 49.6 Å². The van der Waals surface area contributed by atoms with Crippen molar-refractivity contribution in [1.29, 1.82) is 0 Å². The van der Waals surface area contributed by atoms with Gasteiger partial charge in [0, 0.05) is 31.9 Å². The normalized spacial score (nSPS) is 14.5. The lowest BCUT2D eigenvalue weighted by Crippen LogP contribution is -2.55.